The molecule has 0 heterocycles. The summed E-state index contributed by atoms with van der Waals surface area (Å²) in [6.07, 6.45) is -15.7. The highest BCUT2D eigenvalue weighted by molar-refractivity contribution is 6.32. The molecule has 2 N–H and O–H groups in total. The molecule has 0 amide bonds. The van der Waals surface area contributed by atoms with Crippen LogP contribution in [0.2, 0.25) is 0 Å². The van der Waals surface area contributed by atoms with Gasteiger partial charge in [0.2, 0.25) is 0 Å². The van der Waals surface area contributed by atoms with Crippen molar-refractivity contribution in [2.45, 2.75) is 18.5 Å². The minimum absolute atomic E-state index is 2.78. The van der Waals surface area contributed by atoms with Crippen LogP contribution in [0.4, 0.5) is 26.3 Å². The van der Waals surface area contributed by atoms with Gasteiger partial charge in [-0.2, -0.15) is 26.3 Å². The van der Waals surface area contributed by atoms with E-state index in [4.69, 9.17) is 10.0 Å². The molecule has 0 unspecified atom stereocenters. The zero-order valence-corrected chi connectivity index (χ0v) is 6.13. The van der Waals surface area contributed by atoms with E-state index in [-0.39, 0.29) is 0 Å². The normalized spacial score (nSPS) is 13.5. The van der Waals surface area contributed by atoms with Crippen LogP contribution in [0.1, 0.15) is 0 Å². The molecule has 0 fully saturated rings. The van der Waals surface area contributed by atoms with Gasteiger partial charge in [0.05, 0.1) is 0 Å². The van der Waals surface area contributed by atoms with E-state index in [0.29, 0.717) is 0 Å². The molecule has 0 aliphatic rings. The first-order valence-electron chi connectivity index (χ1n) is 2.87. The molecular weight excluding hydrogens is 225 g/mol. The van der Waals surface area contributed by atoms with Crippen LogP contribution in [0.5, 0.6) is 0 Å². The first-order chi connectivity index (χ1) is 6.05. The summed E-state index contributed by atoms with van der Waals surface area (Å²) >= 11 is 0. The van der Waals surface area contributed by atoms with Crippen molar-refractivity contribution in [3.63, 3.8) is 0 Å². The molecule has 0 bridgehead atoms. The van der Waals surface area contributed by atoms with Crippen LogP contribution in [0.3, 0.4) is 0 Å². The molecule has 0 aromatic rings. The molecule has 0 saturated carbocycles. The van der Waals surface area contributed by atoms with Gasteiger partial charge in [0.15, 0.2) is 0 Å². The van der Waals surface area contributed by atoms with Crippen molar-refractivity contribution in [1.82, 2.24) is 0 Å². The third-order valence-corrected chi connectivity index (χ3v) is 0.832. The minimum Gasteiger partial charge on any atom is -0.400 e. The van der Waals surface area contributed by atoms with Crippen molar-refractivity contribution in [3.05, 3.63) is 0 Å². The summed E-state index contributed by atoms with van der Waals surface area (Å²) < 4.78 is 69.5. The average molecular weight is 228 g/mol. The quantitative estimate of drug-likeness (QED) is 0.317. The van der Waals surface area contributed by atoms with E-state index in [0.717, 1.165) is 0 Å². The Bertz CT molecular complexity index is 163. The summed E-state index contributed by atoms with van der Waals surface area (Å²) in [5.41, 5.74) is 0. The van der Waals surface area contributed by atoms with E-state index < -0.39 is 25.8 Å². The lowest BCUT2D eigenvalue weighted by Gasteiger charge is -2.21. The van der Waals surface area contributed by atoms with Crippen LogP contribution < -0.4 is 0 Å². The zero-order chi connectivity index (χ0) is 11.6. The highest BCUT2D eigenvalue weighted by Gasteiger charge is 2.59. The highest BCUT2D eigenvalue weighted by Crippen LogP contribution is 2.35. The van der Waals surface area contributed by atoms with Gasteiger partial charge in [-0.15, -0.1) is 0 Å². The maximum atomic E-state index is 11.6. The van der Waals surface area contributed by atoms with Crippen LogP contribution in [-0.4, -0.2) is 35.8 Å². The lowest BCUT2D eigenvalue weighted by molar-refractivity contribution is -0.406. The summed E-state index contributed by atoms with van der Waals surface area (Å²) in [6, 6.07) is 0. The fraction of sp³-hybridized carbons (Fsp3) is 1.00. The summed E-state index contributed by atoms with van der Waals surface area (Å²) in [5.74, 6) is 0. The van der Waals surface area contributed by atoms with Gasteiger partial charge in [0, 0.05) is 0 Å². The molecule has 14 heavy (non-hydrogen) atoms. The van der Waals surface area contributed by atoms with Crippen LogP contribution >= 0.6 is 0 Å². The Balaban J connectivity index is 4.44. The van der Waals surface area contributed by atoms with Crippen LogP contribution in [0.25, 0.3) is 0 Å². The average Bonchev–Trinajstić information content (AvgIpc) is 1.78. The van der Waals surface area contributed by atoms with Crippen molar-refractivity contribution in [2.24, 2.45) is 0 Å². The summed E-state index contributed by atoms with van der Waals surface area (Å²) in [6.45, 7) is 0. The predicted molar refractivity (Wildman–Crippen MR) is 28.3 cm³/mol. The van der Waals surface area contributed by atoms with Crippen molar-refractivity contribution in [2.75, 3.05) is 0 Å². The molecule has 84 valence electrons. The Kier molecular flexibility index (Phi) is 4.18. The predicted octanol–water partition coefficient (Wildman–Crippen LogP) is 0.397. The molecule has 0 aromatic heterocycles. The standard InChI is InChI=1S/C3H3BF6O4/c5-2(6,7)1(3(8,9)10)13-14-4(11)12/h1,11-12H. The Morgan fingerprint density at radius 3 is 1.50 bits per heavy atom. The van der Waals surface area contributed by atoms with Gasteiger partial charge in [-0.1, -0.05) is 0 Å². The van der Waals surface area contributed by atoms with E-state index in [1.54, 1.807) is 0 Å². The maximum absolute atomic E-state index is 11.6. The first kappa shape index (κ1) is 13.5. The highest BCUT2D eigenvalue weighted by atomic mass is 19.4. The molecule has 0 atom stereocenters. The van der Waals surface area contributed by atoms with E-state index >= 15 is 0 Å². The second-order valence-electron chi connectivity index (χ2n) is 1.98. The first-order valence-corrected chi connectivity index (χ1v) is 2.87. The van der Waals surface area contributed by atoms with Gasteiger partial charge >= 0.3 is 19.7 Å². The summed E-state index contributed by atoms with van der Waals surface area (Å²) in [5, 5.41) is 15.6. The van der Waals surface area contributed by atoms with E-state index in [2.05, 4.69) is 9.69 Å². The van der Waals surface area contributed by atoms with Gasteiger partial charge in [-0.05, 0) is 0 Å². The van der Waals surface area contributed by atoms with Gasteiger partial charge < -0.3 is 10.0 Å². The lowest BCUT2D eigenvalue weighted by atomic mass is 10.3. The molecule has 0 spiro atoms. The number of halogens is 6. The van der Waals surface area contributed by atoms with Gasteiger partial charge in [-0.3, -0.25) is 0 Å². The van der Waals surface area contributed by atoms with Crippen LogP contribution in [-0.2, 0) is 9.69 Å². The van der Waals surface area contributed by atoms with Crippen molar-refractivity contribution >= 4 is 7.32 Å². The molecular formula is C3H3BF6O4. The number of alkyl halides is 6. The van der Waals surface area contributed by atoms with Crippen LogP contribution in [0.15, 0.2) is 0 Å². The lowest BCUT2D eigenvalue weighted by Crippen LogP contribution is -2.45. The van der Waals surface area contributed by atoms with Gasteiger partial charge in [-0.25, -0.2) is 9.69 Å². The second kappa shape index (κ2) is 4.34. The van der Waals surface area contributed by atoms with Crippen LogP contribution in [0, 0.1) is 0 Å². The third-order valence-electron chi connectivity index (χ3n) is 0.832. The van der Waals surface area contributed by atoms with E-state index in [1.165, 1.54) is 0 Å². The molecule has 11 heteroatoms. The second-order valence-corrected chi connectivity index (χ2v) is 1.98. The zero-order valence-electron chi connectivity index (χ0n) is 6.13. The fourth-order valence-electron chi connectivity index (χ4n) is 0.400. The van der Waals surface area contributed by atoms with Crippen molar-refractivity contribution in [3.8, 4) is 0 Å². The Labute approximate surface area is 73.1 Å². The molecule has 0 aliphatic heterocycles. The van der Waals surface area contributed by atoms with E-state index in [9.17, 15) is 26.3 Å². The summed E-state index contributed by atoms with van der Waals surface area (Å²) in [4.78, 5) is 5.71. The molecule has 0 aromatic carbocycles. The SMILES string of the molecule is OB(O)OOC(C(F)(F)F)C(F)(F)F. The topological polar surface area (TPSA) is 58.9 Å². The monoisotopic (exact) mass is 228 g/mol. The largest absolute Gasteiger partial charge is 0.662 e. The van der Waals surface area contributed by atoms with E-state index in [1.807, 2.05) is 0 Å². The molecule has 0 rings (SSSR count). The third kappa shape index (κ3) is 4.65. The van der Waals surface area contributed by atoms with Gasteiger partial charge in [0.25, 0.3) is 6.10 Å². The summed E-state index contributed by atoms with van der Waals surface area (Å²) in [7, 11) is -2.89. The Hall–Kier alpha value is -0.515. The van der Waals surface area contributed by atoms with Crippen molar-refractivity contribution in [1.29, 1.82) is 0 Å². The van der Waals surface area contributed by atoms with Crippen molar-refractivity contribution < 1.29 is 46.1 Å². The Morgan fingerprint density at radius 1 is 0.929 bits per heavy atom. The molecule has 4 nitrogen and oxygen atoms in total. The Morgan fingerprint density at radius 2 is 1.29 bits per heavy atom. The fourth-order valence-corrected chi connectivity index (χ4v) is 0.400. The minimum atomic E-state index is -5.76. The molecule has 0 aliphatic carbocycles. The molecule has 0 saturated heterocycles. The van der Waals surface area contributed by atoms with Gasteiger partial charge in [0.1, 0.15) is 0 Å². The number of hydrogen-bond donors (Lipinski definition) is 2. The molecule has 0 radical (unpaired) electrons. The number of hydrogen-bond acceptors (Lipinski definition) is 4. The maximum Gasteiger partial charge on any atom is 0.662 e. The smallest absolute Gasteiger partial charge is 0.400 e. The number of rotatable bonds is 3.